The molecule has 1 aromatic rings. The lowest BCUT2D eigenvalue weighted by Gasteiger charge is -2.14. The molecule has 1 aliphatic heterocycles. The highest BCUT2D eigenvalue weighted by Gasteiger charge is 2.12. The Bertz CT molecular complexity index is 400. The van der Waals surface area contributed by atoms with Gasteiger partial charge in [-0.25, -0.2) is 0 Å². The molecule has 16 heavy (non-hydrogen) atoms. The van der Waals surface area contributed by atoms with E-state index in [4.69, 9.17) is 9.47 Å². The van der Waals surface area contributed by atoms with E-state index in [0.29, 0.717) is 12.2 Å². The Morgan fingerprint density at radius 3 is 2.69 bits per heavy atom. The maximum absolute atomic E-state index is 5.33. The molecule has 0 saturated heterocycles. The second-order valence-corrected chi connectivity index (χ2v) is 5.28. The third kappa shape index (κ3) is 2.78. The molecule has 1 aliphatic rings. The van der Waals surface area contributed by atoms with Crippen LogP contribution in [0.15, 0.2) is 24.3 Å². The highest BCUT2D eigenvalue weighted by molar-refractivity contribution is 5.56. The van der Waals surface area contributed by atoms with Crippen LogP contribution >= 0.6 is 0 Å². The lowest BCUT2D eigenvalue weighted by Crippen LogP contribution is -2.01. The van der Waals surface area contributed by atoms with Crippen LogP contribution in [-0.2, 0) is 0 Å². The fraction of sp³-hybridized carbons (Fsp3) is 0.429. The van der Waals surface area contributed by atoms with Crippen LogP contribution in [0.2, 0.25) is 0 Å². The largest absolute Gasteiger partial charge is 0.454 e. The highest BCUT2D eigenvalue weighted by atomic mass is 16.7. The lowest BCUT2D eigenvalue weighted by molar-refractivity contribution is 0.174. The highest BCUT2D eigenvalue weighted by Crippen LogP contribution is 2.33. The Labute approximate surface area is 96.9 Å². The molecular formula is C14H18O2. The topological polar surface area (TPSA) is 18.5 Å². The molecule has 0 amide bonds. The van der Waals surface area contributed by atoms with Crippen molar-refractivity contribution in [2.24, 2.45) is 5.41 Å². The van der Waals surface area contributed by atoms with E-state index in [2.05, 4.69) is 32.9 Å². The number of allylic oxidation sites excluding steroid dienone is 1. The van der Waals surface area contributed by atoms with Crippen molar-refractivity contribution >= 4 is 6.08 Å². The molecule has 2 rings (SSSR count). The van der Waals surface area contributed by atoms with Crippen LogP contribution in [0.1, 0.15) is 32.8 Å². The van der Waals surface area contributed by atoms with Crippen LogP contribution in [0.4, 0.5) is 0 Å². The number of hydrogen-bond donors (Lipinski definition) is 0. The van der Waals surface area contributed by atoms with Crippen LogP contribution in [0.5, 0.6) is 11.5 Å². The normalized spacial score (nSPS) is 14.7. The fourth-order valence-corrected chi connectivity index (χ4v) is 1.57. The molecule has 0 bridgehead atoms. The molecule has 86 valence electrons. The van der Waals surface area contributed by atoms with Crippen molar-refractivity contribution in [1.82, 2.24) is 0 Å². The van der Waals surface area contributed by atoms with E-state index in [9.17, 15) is 0 Å². The quantitative estimate of drug-likeness (QED) is 0.750. The van der Waals surface area contributed by atoms with Crippen molar-refractivity contribution in [3.63, 3.8) is 0 Å². The third-order valence-electron chi connectivity index (χ3n) is 2.44. The van der Waals surface area contributed by atoms with Gasteiger partial charge >= 0.3 is 0 Å². The summed E-state index contributed by atoms with van der Waals surface area (Å²) < 4.78 is 10.6. The van der Waals surface area contributed by atoms with Gasteiger partial charge in [0.05, 0.1) is 0 Å². The molecule has 0 fully saturated rings. The van der Waals surface area contributed by atoms with Gasteiger partial charge in [0, 0.05) is 0 Å². The molecule has 0 N–H and O–H groups in total. The van der Waals surface area contributed by atoms with Gasteiger partial charge in [-0.2, -0.15) is 0 Å². The monoisotopic (exact) mass is 218 g/mol. The van der Waals surface area contributed by atoms with Gasteiger partial charge in [0.1, 0.15) is 0 Å². The molecule has 0 unspecified atom stereocenters. The van der Waals surface area contributed by atoms with E-state index < -0.39 is 0 Å². The molecule has 0 radical (unpaired) electrons. The Kier molecular flexibility index (Phi) is 2.90. The first-order valence-corrected chi connectivity index (χ1v) is 5.61. The van der Waals surface area contributed by atoms with Crippen LogP contribution in [0.25, 0.3) is 6.08 Å². The standard InChI is InChI=1S/C14H18O2/c1-14(2,3)8-4-5-11-6-7-12-13(9-11)16-10-15-12/h4-7,9H,8,10H2,1-3H3. The second kappa shape index (κ2) is 4.20. The first-order valence-electron chi connectivity index (χ1n) is 5.61. The number of fused-ring (bicyclic) bond motifs is 1. The summed E-state index contributed by atoms with van der Waals surface area (Å²) in [6.07, 6.45) is 5.41. The minimum Gasteiger partial charge on any atom is -0.454 e. The Morgan fingerprint density at radius 1 is 1.19 bits per heavy atom. The van der Waals surface area contributed by atoms with Gasteiger partial charge in [0.2, 0.25) is 6.79 Å². The maximum Gasteiger partial charge on any atom is 0.231 e. The molecule has 1 aromatic carbocycles. The summed E-state index contributed by atoms with van der Waals surface area (Å²) in [7, 11) is 0. The number of ether oxygens (including phenoxy) is 2. The van der Waals surface area contributed by atoms with Crippen molar-refractivity contribution in [3.05, 3.63) is 29.8 Å². The predicted molar refractivity (Wildman–Crippen MR) is 65.7 cm³/mol. The van der Waals surface area contributed by atoms with Crippen molar-refractivity contribution in [1.29, 1.82) is 0 Å². The summed E-state index contributed by atoms with van der Waals surface area (Å²) in [4.78, 5) is 0. The van der Waals surface area contributed by atoms with E-state index in [1.807, 2.05) is 18.2 Å². The van der Waals surface area contributed by atoms with Gasteiger partial charge in [-0.3, -0.25) is 0 Å². The first-order chi connectivity index (χ1) is 7.54. The third-order valence-corrected chi connectivity index (χ3v) is 2.44. The van der Waals surface area contributed by atoms with Crippen LogP contribution in [0, 0.1) is 5.41 Å². The molecule has 0 saturated carbocycles. The predicted octanol–water partition coefficient (Wildman–Crippen LogP) is 3.86. The Hall–Kier alpha value is -1.44. The van der Waals surface area contributed by atoms with Gasteiger partial charge in [0.15, 0.2) is 11.5 Å². The second-order valence-electron chi connectivity index (χ2n) is 5.28. The molecule has 2 heteroatoms. The number of benzene rings is 1. The van der Waals surface area contributed by atoms with E-state index >= 15 is 0 Å². The van der Waals surface area contributed by atoms with E-state index in [1.165, 1.54) is 0 Å². The first kappa shape index (κ1) is 11.1. The fourth-order valence-electron chi connectivity index (χ4n) is 1.57. The summed E-state index contributed by atoms with van der Waals surface area (Å²) in [5.74, 6) is 1.69. The molecular weight excluding hydrogens is 200 g/mol. The molecule has 2 nitrogen and oxygen atoms in total. The van der Waals surface area contributed by atoms with E-state index in [-0.39, 0.29) is 0 Å². The van der Waals surface area contributed by atoms with Gasteiger partial charge in [-0.1, -0.05) is 39.0 Å². The Morgan fingerprint density at radius 2 is 1.94 bits per heavy atom. The summed E-state index contributed by atoms with van der Waals surface area (Å²) in [6, 6.07) is 6.02. The van der Waals surface area contributed by atoms with Crippen LogP contribution in [0.3, 0.4) is 0 Å². The van der Waals surface area contributed by atoms with Gasteiger partial charge in [-0.05, 0) is 29.5 Å². The minimum atomic E-state index is 0.338. The number of hydrogen-bond acceptors (Lipinski definition) is 2. The summed E-state index contributed by atoms with van der Waals surface area (Å²) in [5.41, 5.74) is 1.50. The average Bonchev–Trinajstić information content (AvgIpc) is 2.62. The van der Waals surface area contributed by atoms with Crippen molar-refractivity contribution < 1.29 is 9.47 Å². The van der Waals surface area contributed by atoms with Gasteiger partial charge < -0.3 is 9.47 Å². The summed E-state index contributed by atoms with van der Waals surface area (Å²) >= 11 is 0. The molecule has 0 aromatic heterocycles. The number of rotatable bonds is 2. The van der Waals surface area contributed by atoms with Crippen LogP contribution < -0.4 is 9.47 Å². The maximum atomic E-state index is 5.33. The zero-order valence-electron chi connectivity index (χ0n) is 10.1. The minimum absolute atomic E-state index is 0.338. The van der Waals surface area contributed by atoms with Gasteiger partial charge in [-0.15, -0.1) is 0 Å². The average molecular weight is 218 g/mol. The summed E-state index contributed by atoms with van der Waals surface area (Å²) in [6.45, 7) is 7.04. The molecule has 0 aliphatic carbocycles. The van der Waals surface area contributed by atoms with Crippen LogP contribution in [-0.4, -0.2) is 6.79 Å². The molecule has 1 heterocycles. The van der Waals surface area contributed by atoms with E-state index in [1.54, 1.807) is 0 Å². The van der Waals surface area contributed by atoms with Crippen molar-refractivity contribution in [3.8, 4) is 11.5 Å². The SMILES string of the molecule is CC(C)(C)CC=Cc1ccc2c(c1)OCO2. The van der Waals surface area contributed by atoms with E-state index in [0.717, 1.165) is 23.5 Å². The van der Waals surface area contributed by atoms with Crippen molar-refractivity contribution in [2.75, 3.05) is 6.79 Å². The zero-order chi connectivity index (χ0) is 11.6. The molecule has 0 atom stereocenters. The Balaban J connectivity index is 2.05. The lowest BCUT2D eigenvalue weighted by atomic mass is 9.92. The zero-order valence-corrected chi connectivity index (χ0v) is 10.1. The summed E-state index contributed by atoms with van der Waals surface area (Å²) in [5, 5.41) is 0. The smallest absolute Gasteiger partial charge is 0.231 e. The molecule has 0 spiro atoms. The van der Waals surface area contributed by atoms with Gasteiger partial charge in [0.25, 0.3) is 0 Å². The van der Waals surface area contributed by atoms with Crippen molar-refractivity contribution in [2.45, 2.75) is 27.2 Å².